The van der Waals surface area contributed by atoms with Crippen LogP contribution in [0.4, 0.5) is 11.5 Å². The van der Waals surface area contributed by atoms with Crippen LogP contribution >= 0.6 is 0 Å². The predicted molar refractivity (Wildman–Crippen MR) is 59.6 cm³/mol. The first-order valence-electron chi connectivity index (χ1n) is 5.13. The first-order chi connectivity index (χ1) is 7.24. The molecule has 1 aliphatic rings. The third-order valence-corrected chi connectivity index (χ3v) is 2.54. The maximum Gasteiger partial charge on any atom is 0.242 e. The van der Waals surface area contributed by atoms with Crippen molar-refractivity contribution in [2.45, 2.75) is 19.9 Å². The molecule has 0 atom stereocenters. The molecule has 1 aromatic heterocycles. The van der Waals surface area contributed by atoms with Gasteiger partial charge in [-0.05, 0) is 13.8 Å². The molecule has 0 spiro atoms. The number of methoxy groups -OCH3 is 1. The van der Waals surface area contributed by atoms with E-state index < -0.39 is 0 Å². The van der Waals surface area contributed by atoms with Crippen molar-refractivity contribution < 1.29 is 4.74 Å². The van der Waals surface area contributed by atoms with Gasteiger partial charge in [-0.25, -0.2) is 4.98 Å². The van der Waals surface area contributed by atoms with E-state index in [0.29, 0.717) is 11.9 Å². The van der Waals surface area contributed by atoms with Crippen molar-refractivity contribution in [1.29, 1.82) is 0 Å². The summed E-state index contributed by atoms with van der Waals surface area (Å²) in [5, 5.41) is 3.28. The fourth-order valence-electron chi connectivity index (χ4n) is 1.80. The summed E-state index contributed by atoms with van der Waals surface area (Å²) >= 11 is 0. The maximum absolute atomic E-state index is 5.20. The molecule has 0 saturated carbocycles. The molecule has 2 heterocycles. The Hall–Kier alpha value is -1.52. The molecule has 2 rings (SSSR count). The summed E-state index contributed by atoms with van der Waals surface area (Å²) in [5.41, 5.74) is 0.903. The summed E-state index contributed by atoms with van der Waals surface area (Å²) in [6, 6.07) is 0.436. The molecule has 1 N–H and O–H groups in total. The Kier molecular flexibility index (Phi) is 2.62. The molecule has 0 bridgehead atoms. The number of ether oxygens (including phenoxy) is 1. The van der Waals surface area contributed by atoms with Crippen molar-refractivity contribution in [2.75, 3.05) is 30.4 Å². The van der Waals surface area contributed by atoms with E-state index in [0.717, 1.165) is 24.6 Å². The van der Waals surface area contributed by atoms with Crippen molar-refractivity contribution in [3.05, 3.63) is 6.33 Å². The van der Waals surface area contributed by atoms with Crippen LogP contribution in [0, 0.1) is 0 Å². The normalized spacial score (nSPS) is 14.8. The van der Waals surface area contributed by atoms with Crippen molar-refractivity contribution in [2.24, 2.45) is 0 Å². The molecule has 0 amide bonds. The number of hydrogen-bond donors (Lipinski definition) is 1. The summed E-state index contributed by atoms with van der Waals surface area (Å²) in [6.45, 7) is 6.17. The SMILES string of the molecule is COc1ncnc2c1NCCN2C(C)C. The van der Waals surface area contributed by atoms with E-state index in [-0.39, 0.29) is 0 Å². The zero-order valence-electron chi connectivity index (χ0n) is 9.32. The van der Waals surface area contributed by atoms with Crippen LogP contribution in [0.5, 0.6) is 5.88 Å². The summed E-state index contributed by atoms with van der Waals surface area (Å²) in [7, 11) is 1.62. The van der Waals surface area contributed by atoms with Gasteiger partial charge >= 0.3 is 0 Å². The lowest BCUT2D eigenvalue weighted by Crippen LogP contribution is -2.39. The molecule has 0 unspecified atom stereocenters. The van der Waals surface area contributed by atoms with E-state index in [2.05, 4.69) is 34.0 Å². The number of anilines is 2. The van der Waals surface area contributed by atoms with Crippen LogP contribution in [0.3, 0.4) is 0 Å². The van der Waals surface area contributed by atoms with Crippen molar-refractivity contribution in [1.82, 2.24) is 9.97 Å². The van der Waals surface area contributed by atoms with Gasteiger partial charge in [0.2, 0.25) is 5.88 Å². The number of nitrogens with zero attached hydrogens (tertiary/aromatic N) is 3. The summed E-state index contributed by atoms with van der Waals surface area (Å²) in [4.78, 5) is 10.6. The largest absolute Gasteiger partial charge is 0.479 e. The second-order valence-electron chi connectivity index (χ2n) is 3.80. The summed E-state index contributed by atoms with van der Waals surface area (Å²) < 4.78 is 5.20. The zero-order chi connectivity index (χ0) is 10.8. The van der Waals surface area contributed by atoms with Gasteiger partial charge in [-0.2, -0.15) is 4.98 Å². The van der Waals surface area contributed by atoms with Crippen LogP contribution in [0.15, 0.2) is 6.33 Å². The van der Waals surface area contributed by atoms with Crippen LogP contribution in [-0.2, 0) is 0 Å². The van der Waals surface area contributed by atoms with Crippen LogP contribution in [-0.4, -0.2) is 36.2 Å². The van der Waals surface area contributed by atoms with E-state index in [1.807, 2.05) is 0 Å². The molecule has 0 aromatic carbocycles. The Morgan fingerprint density at radius 2 is 2.27 bits per heavy atom. The number of fused-ring (bicyclic) bond motifs is 1. The second kappa shape index (κ2) is 3.92. The first-order valence-corrected chi connectivity index (χ1v) is 5.13. The molecule has 5 heteroatoms. The van der Waals surface area contributed by atoms with Gasteiger partial charge in [-0.15, -0.1) is 0 Å². The quantitative estimate of drug-likeness (QED) is 0.789. The Morgan fingerprint density at radius 3 is 2.93 bits per heavy atom. The zero-order valence-corrected chi connectivity index (χ0v) is 9.32. The first kappa shape index (κ1) is 10.0. The minimum Gasteiger partial charge on any atom is -0.479 e. The Bertz CT molecular complexity index is 353. The van der Waals surface area contributed by atoms with Gasteiger partial charge < -0.3 is 15.0 Å². The van der Waals surface area contributed by atoms with E-state index in [1.54, 1.807) is 13.4 Å². The minimum atomic E-state index is 0.436. The third-order valence-electron chi connectivity index (χ3n) is 2.54. The van der Waals surface area contributed by atoms with E-state index in [1.165, 1.54) is 0 Å². The monoisotopic (exact) mass is 208 g/mol. The smallest absolute Gasteiger partial charge is 0.242 e. The van der Waals surface area contributed by atoms with Crippen LogP contribution in [0.2, 0.25) is 0 Å². The third kappa shape index (κ3) is 1.69. The molecular formula is C10H16N4O. The number of nitrogens with one attached hydrogen (secondary N) is 1. The number of hydrogen-bond acceptors (Lipinski definition) is 5. The molecule has 0 saturated heterocycles. The molecule has 5 nitrogen and oxygen atoms in total. The lowest BCUT2D eigenvalue weighted by molar-refractivity contribution is 0.398. The molecule has 1 aromatic rings. The molecule has 82 valence electrons. The van der Waals surface area contributed by atoms with Crippen LogP contribution in [0.25, 0.3) is 0 Å². The number of aromatic nitrogens is 2. The fraction of sp³-hybridized carbons (Fsp3) is 0.600. The fourth-order valence-corrected chi connectivity index (χ4v) is 1.80. The molecule has 1 aliphatic heterocycles. The molecule has 0 fully saturated rings. The average molecular weight is 208 g/mol. The van der Waals surface area contributed by atoms with Crippen molar-refractivity contribution in [3.63, 3.8) is 0 Å². The summed E-state index contributed by atoms with van der Waals surface area (Å²) in [5.74, 6) is 1.55. The van der Waals surface area contributed by atoms with E-state index in [4.69, 9.17) is 4.74 Å². The molecular weight excluding hydrogens is 192 g/mol. The molecule has 15 heavy (non-hydrogen) atoms. The molecule has 0 aliphatic carbocycles. The average Bonchev–Trinajstić information content (AvgIpc) is 2.27. The lowest BCUT2D eigenvalue weighted by Gasteiger charge is -2.33. The van der Waals surface area contributed by atoms with Gasteiger partial charge in [0, 0.05) is 19.1 Å². The standard InChI is InChI=1S/C10H16N4O/c1-7(2)14-5-4-11-8-9(14)12-6-13-10(8)15-3/h6-7,11H,4-5H2,1-3H3. The van der Waals surface area contributed by atoms with Crippen LogP contribution in [0.1, 0.15) is 13.8 Å². The van der Waals surface area contributed by atoms with Crippen molar-refractivity contribution >= 4 is 11.5 Å². The summed E-state index contributed by atoms with van der Waals surface area (Å²) in [6.07, 6.45) is 1.54. The van der Waals surface area contributed by atoms with E-state index in [9.17, 15) is 0 Å². The second-order valence-corrected chi connectivity index (χ2v) is 3.80. The van der Waals surface area contributed by atoms with Gasteiger partial charge in [0.05, 0.1) is 7.11 Å². The Labute approximate surface area is 89.5 Å². The van der Waals surface area contributed by atoms with Gasteiger partial charge in [-0.3, -0.25) is 0 Å². The van der Waals surface area contributed by atoms with Crippen molar-refractivity contribution in [3.8, 4) is 5.88 Å². The highest BCUT2D eigenvalue weighted by Crippen LogP contribution is 2.33. The highest BCUT2D eigenvalue weighted by molar-refractivity contribution is 5.72. The van der Waals surface area contributed by atoms with Gasteiger partial charge in [0.25, 0.3) is 0 Å². The topological polar surface area (TPSA) is 50.3 Å². The van der Waals surface area contributed by atoms with Gasteiger partial charge in [-0.1, -0.05) is 0 Å². The molecule has 0 radical (unpaired) electrons. The Balaban J connectivity index is 2.44. The lowest BCUT2D eigenvalue weighted by atomic mass is 10.2. The minimum absolute atomic E-state index is 0.436. The van der Waals surface area contributed by atoms with Gasteiger partial charge in [0.1, 0.15) is 12.0 Å². The highest BCUT2D eigenvalue weighted by atomic mass is 16.5. The van der Waals surface area contributed by atoms with Crippen LogP contribution < -0.4 is 15.0 Å². The number of rotatable bonds is 2. The Morgan fingerprint density at radius 1 is 1.47 bits per heavy atom. The maximum atomic E-state index is 5.20. The van der Waals surface area contributed by atoms with E-state index >= 15 is 0 Å². The van der Waals surface area contributed by atoms with Gasteiger partial charge in [0.15, 0.2) is 5.82 Å². The predicted octanol–water partition coefficient (Wildman–Crippen LogP) is 1.13. The highest BCUT2D eigenvalue weighted by Gasteiger charge is 2.23.